The van der Waals surface area contributed by atoms with Crippen LogP contribution in [0.15, 0.2) is 35.8 Å². The number of aryl methyl sites for hydroxylation is 2. The van der Waals surface area contributed by atoms with Crippen molar-refractivity contribution in [2.24, 2.45) is 0 Å². The molecule has 0 radical (unpaired) electrons. The van der Waals surface area contributed by atoms with Crippen molar-refractivity contribution < 1.29 is 4.79 Å². The summed E-state index contributed by atoms with van der Waals surface area (Å²) in [5.41, 5.74) is 3.09. The van der Waals surface area contributed by atoms with Crippen LogP contribution in [0, 0.1) is 6.92 Å². The van der Waals surface area contributed by atoms with Crippen LogP contribution in [-0.4, -0.2) is 22.6 Å². The van der Waals surface area contributed by atoms with Crippen molar-refractivity contribution in [1.29, 1.82) is 0 Å². The zero-order valence-corrected chi connectivity index (χ0v) is 12.7. The van der Waals surface area contributed by atoms with Gasteiger partial charge in [-0.1, -0.05) is 18.2 Å². The molecule has 1 aromatic carbocycles. The van der Waals surface area contributed by atoms with Crippen molar-refractivity contribution in [3.8, 4) is 0 Å². The molecule has 2 heterocycles. The van der Waals surface area contributed by atoms with Crippen molar-refractivity contribution in [2.45, 2.75) is 19.8 Å². The molecule has 5 heteroatoms. The van der Waals surface area contributed by atoms with Crippen LogP contribution in [0.4, 0.5) is 0 Å². The highest BCUT2D eigenvalue weighted by atomic mass is 32.1. The van der Waals surface area contributed by atoms with E-state index in [1.807, 2.05) is 42.8 Å². The lowest BCUT2D eigenvalue weighted by atomic mass is 10.1. The van der Waals surface area contributed by atoms with Crippen LogP contribution in [0.25, 0.3) is 10.1 Å². The van der Waals surface area contributed by atoms with Gasteiger partial charge in [-0.15, -0.1) is 11.3 Å². The Kier molecular flexibility index (Phi) is 4.01. The van der Waals surface area contributed by atoms with Crippen LogP contribution in [0.1, 0.15) is 28.0 Å². The number of carbonyl (C=O) groups is 1. The van der Waals surface area contributed by atoms with E-state index in [-0.39, 0.29) is 5.91 Å². The van der Waals surface area contributed by atoms with Crippen LogP contribution < -0.4 is 5.32 Å². The van der Waals surface area contributed by atoms with Gasteiger partial charge in [-0.05, 0) is 31.4 Å². The Morgan fingerprint density at radius 3 is 3.05 bits per heavy atom. The predicted octanol–water partition coefficient (Wildman–Crippen LogP) is 3.30. The quantitative estimate of drug-likeness (QED) is 0.710. The number of hydrogen-bond acceptors (Lipinski definition) is 3. The van der Waals surface area contributed by atoms with Crippen LogP contribution in [0.5, 0.6) is 0 Å². The second-order valence-electron chi connectivity index (χ2n) is 5.03. The van der Waals surface area contributed by atoms with E-state index in [2.05, 4.69) is 15.5 Å². The zero-order chi connectivity index (χ0) is 14.7. The van der Waals surface area contributed by atoms with Gasteiger partial charge in [-0.25, -0.2) is 0 Å². The van der Waals surface area contributed by atoms with Crippen LogP contribution in [-0.2, 0) is 6.42 Å². The van der Waals surface area contributed by atoms with Gasteiger partial charge in [0.25, 0.3) is 5.91 Å². The van der Waals surface area contributed by atoms with Crippen LogP contribution >= 0.6 is 11.3 Å². The fraction of sp³-hybridized carbons (Fsp3) is 0.250. The molecule has 2 N–H and O–H groups in total. The number of fused-ring (bicyclic) bond motifs is 1. The lowest BCUT2D eigenvalue weighted by molar-refractivity contribution is 0.0955. The highest BCUT2D eigenvalue weighted by Crippen LogP contribution is 2.25. The number of carbonyl (C=O) groups excluding carboxylic acids is 1. The van der Waals surface area contributed by atoms with Crippen LogP contribution in [0.2, 0.25) is 0 Å². The van der Waals surface area contributed by atoms with Gasteiger partial charge in [0.05, 0.1) is 11.8 Å². The Hall–Kier alpha value is -2.14. The van der Waals surface area contributed by atoms with Crippen molar-refractivity contribution >= 4 is 27.3 Å². The third-order valence-corrected chi connectivity index (χ3v) is 4.53. The molecule has 3 aromatic rings. The molecular formula is C16H17N3OS. The summed E-state index contributed by atoms with van der Waals surface area (Å²) >= 11 is 1.61. The molecule has 0 bridgehead atoms. The molecule has 0 fully saturated rings. The Morgan fingerprint density at radius 1 is 1.38 bits per heavy atom. The molecule has 0 aliphatic carbocycles. The average molecular weight is 299 g/mol. The lowest BCUT2D eigenvalue weighted by Gasteiger charge is -2.04. The Bertz CT molecular complexity index is 760. The molecule has 0 saturated carbocycles. The maximum absolute atomic E-state index is 12.2. The number of H-pyrrole nitrogens is 1. The number of nitrogens with one attached hydrogen (secondary N) is 2. The van der Waals surface area contributed by atoms with Gasteiger partial charge < -0.3 is 5.32 Å². The third-order valence-electron chi connectivity index (χ3n) is 3.57. The molecule has 108 valence electrons. The number of hydrogen-bond donors (Lipinski definition) is 2. The second kappa shape index (κ2) is 6.10. The van der Waals surface area contributed by atoms with E-state index in [1.165, 1.54) is 5.56 Å². The summed E-state index contributed by atoms with van der Waals surface area (Å²) in [5.74, 6) is 0.0105. The molecule has 0 aliphatic rings. The van der Waals surface area contributed by atoms with Crippen molar-refractivity contribution in [1.82, 2.24) is 15.5 Å². The summed E-state index contributed by atoms with van der Waals surface area (Å²) in [7, 11) is 0. The van der Waals surface area contributed by atoms with E-state index in [1.54, 1.807) is 11.3 Å². The van der Waals surface area contributed by atoms with E-state index in [0.717, 1.165) is 34.2 Å². The molecule has 4 nitrogen and oxygen atoms in total. The summed E-state index contributed by atoms with van der Waals surface area (Å²) in [6, 6.07) is 8.00. The molecule has 1 amide bonds. The largest absolute Gasteiger partial charge is 0.352 e. The lowest BCUT2D eigenvalue weighted by Crippen LogP contribution is -2.24. The molecule has 0 atom stereocenters. The number of rotatable bonds is 5. The van der Waals surface area contributed by atoms with Crippen LogP contribution in [0.3, 0.4) is 0 Å². The zero-order valence-electron chi connectivity index (χ0n) is 11.8. The highest BCUT2D eigenvalue weighted by Gasteiger charge is 2.11. The van der Waals surface area contributed by atoms with E-state index >= 15 is 0 Å². The SMILES string of the molecule is Cc1[nH]ncc1CCCNC(=O)c1csc2ccccc12. The molecule has 0 unspecified atom stereocenters. The molecule has 2 aromatic heterocycles. The number of benzene rings is 1. The first-order chi connectivity index (χ1) is 10.3. The Balaban J connectivity index is 1.56. The fourth-order valence-corrected chi connectivity index (χ4v) is 3.30. The topological polar surface area (TPSA) is 57.8 Å². The summed E-state index contributed by atoms with van der Waals surface area (Å²) in [6.07, 6.45) is 3.69. The second-order valence-corrected chi connectivity index (χ2v) is 5.94. The van der Waals surface area contributed by atoms with Gasteiger partial charge in [0.15, 0.2) is 0 Å². The van der Waals surface area contributed by atoms with E-state index < -0.39 is 0 Å². The normalized spacial score (nSPS) is 10.9. The number of nitrogens with zero attached hydrogens (tertiary/aromatic N) is 1. The number of thiophene rings is 1. The number of aromatic nitrogens is 2. The molecule has 0 spiro atoms. The fourth-order valence-electron chi connectivity index (χ4n) is 2.36. The average Bonchev–Trinajstić information content (AvgIpc) is 3.10. The van der Waals surface area contributed by atoms with Gasteiger partial charge in [0.2, 0.25) is 0 Å². The van der Waals surface area contributed by atoms with Gasteiger partial charge >= 0.3 is 0 Å². The minimum atomic E-state index is 0.0105. The molecule has 0 aliphatic heterocycles. The molecular weight excluding hydrogens is 282 g/mol. The Morgan fingerprint density at radius 2 is 2.24 bits per heavy atom. The summed E-state index contributed by atoms with van der Waals surface area (Å²) in [6.45, 7) is 2.69. The summed E-state index contributed by atoms with van der Waals surface area (Å²) in [5, 5.41) is 12.9. The first kappa shape index (κ1) is 13.8. The summed E-state index contributed by atoms with van der Waals surface area (Å²) < 4.78 is 1.15. The number of amides is 1. The van der Waals surface area contributed by atoms with Gasteiger partial charge in [-0.3, -0.25) is 9.89 Å². The van der Waals surface area contributed by atoms with Crippen molar-refractivity contribution in [2.75, 3.05) is 6.54 Å². The minimum absolute atomic E-state index is 0.0105. The predicted molar refractivity (Wildman–Crippen MR) is 85.8 cm³/mol. The van der Waals surface area contributed by atoms with Gasteiger partial charge in [-0.2, -0.15) is 5.10 Å². The first-order valence-electron chi connectivity index (χ1n) is 6.99. The Labute approximate surface area is 127 Å². The third kappa shape index (κ3) is 2.97. The van der Waals surface area contributed by atoms with E-state index in [4.69, 9.17) is 0 Å². The van der Waals surface area contributed by atoms with Gasteiger partial charge in [0.1, 0.15) is 0 Å². The number of aromatic amines is 1. The minimum Gasteiger partial charge on any atom is -0.352 e. The molecule has 21 heavy (non-hydrogen) atoms. The van der Waals surface area contributed by atoms with Crippen molar-refractivity contribution in [3.05, 3.63) is 52.7 Å². The van der Waals surface area contributed by atoms with Crippen molar-refractivity contribution in [3.63, 3.8) is 0 Å². The standard InChI is InChI=1S/C16H17N3OS/c1-11-12(9-18-19-11)5-4-8-17-16(20)14-10-21-15-7-3-2-6-13(14)15/h2-3,6-7,9-10H,4-5,8H2,1H3,(H,17,20)(H,18,19). The smallest absolute Gasteiger partial charge is 0.252 e. The highest BCUT2D eigenvalue weighted by molar-refractivity contribution is 7.17. The van der Waals surface area contributed by atoms with E-state index in [0.29, 0.717) is 6.54 Å². The first-order valence-corrected chi connectivity index (χ1v) is 7.87. The maximum atomic E-state index is 12.2. The summed E-state index contributed by atoms with van der Waals surface area (Å²) in [4.78, 5) is 12.2. The van der Waals surface area contributed by atoms with E-state index in [9.17, 15) is 4.79 Å². The monoisotopic (exact) mass is 299 g/mol. The maximum Gasteiger partial charge on any atom is 0.252 e. The molecule has 0 saturated heterocycles. The molecule has 3 rings (SSSR count). The van der Waals surface area contributed by atoms with Gasteiger partial charge in [0, 0.05) is 27.7 Å².